The van der Waals surface area contributed by atoms with Gasteiger partial charge in [0.1, 0.15) is 11.6 Å². The first-order valence-electron chi connectivity index (χ1n) is 12.3. The van der Waals surface area contributed by atoms with Gasteiger partial charge in [0.2, 0.25) is 0 Å². The van der Waals surface area contributed by atoms with Crippen molar-refractivity contribution in [2.24, 2.45) is 10.7 Å². The van der Waals surface area contributed by atoms with Gasteiger partial charge in [0.25, 0.3) is 0 Å². The third-order valence-electron chi connectivity index (χ3n) is 6.71. The van der Waals surface area contributed by atoms with Crippen LogP contribution >= 0.6 is 0 Å². The average molecular weight is 463 g/mol. The Balaban J connectivity index is 1.26. The fourth-order valence-corrected chi connectivity index (χ4v) is 4.72. The predicted octanol–water partition coefficient (Wildman–Crippen LogP) is 3.47. The number of nitrogens with two attached hydrogens (primary N) is 1. The van der Waals surface area contributed by atoms with Gasteiger partial charge in [-0.1, -0.05) is 18.7 Å². The van der Waals surface area contributed by atoms with Gasteiger partial charge in [-0.3, -0.25) is 0 Å². The lowest BCUT2D eigenvalue weighted by atomic mass is 9.93. The summed E-state index contributed by atoms with van der Waals surface area (Å²) >= 11 is 0. The van der Waals surface area contributed by atoms with Crippen LogP contribution in [0.25, 0.3) is 0 Å². The van der Waals surface area contributed by atoms with Gasteiger partial charge in [0.05, 0.1) is 12.4 Å². The third kappa shape index (κ3) is 6.10. The van der Waals surface area contributed by atoms with E-state index in [-0.39, 0.29) is 0 Å². The summed E-state index contributed by atoms with van der Waals surface area (Å²) in [6, 6.07) is 8.14. The predicted molar refractivity (Wildman–Crippen MR) is 141 cm³/mol. The van der Waals surface area contributed by atoms with Crippen LogP contribution in [-0.2, 0) is 0 Å². The minimum Gasteiger partial charge on any atom is -0.493 e. The highest BCUT2D eigenvalue weighted by molar-refractivity contribution is 6.04. The molecule has 1 saturated heterocycles. The Hall–Kier alpha value is -3.03. The number of nitrogens with zero attached hydrogens (tertiary/aromatic N) is 3. The van der Waals surface area contributed by atoms with Gasteiger partial charge >= 0.3 is 0 Å². The van der Waals surface area contributed by atoms with Crippen molar-refractivity contribution in [3.63, 3.8) is 0 Å². The smallest absolute Gasteiger partial charge is 0.131 e. The van der Waals surface area contributed by atoms with Crippen LogP contribution in [0.4, 0.5) is 5.69 Å². The van der Waals surface area contributed by atoms with E-state index in [2.05, 4.69) is 58.0 Å². The van der Waals surface area contributed by atoms with E-state index < -0.39 is 0 Å². The quantitative estimate of drug-likeness (QED) is 0.488. The lowest BCUT2D eigenvalue weighted by molar-refractivity contribution is 0.214. The van der Waals surface area contributed by atoms with Crippen LogP contribution in [0, 0.1) is 0 Å². The van der Waals surface area contributed by atoms with Crippen molar-refractivity contribution >= 4 is 11.5 Å². The summed E-state index contributed by atoms with van der Waals surface area (Å²) in [6.07, 6.45) is 6.11. The molecule has 0 atom stereocenters. The van der Waals surface area contributed by atoms with Crippen LogP contribution in [0.15, 0.2) is 76.2 Å². The Bertz CT molecular complexity index is 996. The molecule has 3 heterocycles. The number of allylic oxidation sites excluding steroid dienone is 1. The summed E-state index contributed by atoms with van der Waals surface area (Å²) in [6.45, 7) is 16.5. The van der Waals surface area contributed by atoms with Gasteiger partial charge in [-0.2, -0.15) is 0 Å². The maximum Gasteiger partial charge on any atom is 0.131 e. The molecule has 0 bridgehead atoms. The van der Waals surface area contributed by atoms with E-state index in [1.165, 1.54) is 11.1 Å². The van der Waals surface area contributed by atoms with Gasteiger partial charge in [0.15, 0.2) is 0 Å². The summed E-state index contributed by atoms with van der Waals surface area (Å²) in [7, 11) is 0. The molecule has 3 aliphatic heterocycles. The van der Waals surface area contributed by atoms with Crippen molar-refractivity contribution in [2.75, 3.05) is 57.7 Å². The zero-order valence-corrected chi connectivity index (χ0v) is 20.6. The SMILES string of the molecule is C=C(Nc1cccc(OCCCN2CCNCC2)c1)N1CC=C(/C(C)=C2\C(C)=CN=C2N)CC1. The van der Waals surface area contributed by atoms with E-state index in [0.29, 0.717) is 5.84 Å². The maximum absolute atomic E-state index is 6.09. The van der Waals surface area contributed by atoms with E-state index in [9.17, 15) is 0 Å². The lowest BCUT2D eigenvalue weighted by Crippen LogP contribution is -2.43. The Morgan fingerprint density at radius 1 is 1.26 bits per heavy atom. The van der Waals surface area contributed by atoms with Gasteiger partial charge in [-0.05, 0) is 55.5 Å². The minimum atomic E-state index is 0.621. The monoisotopic (exact) mass is 462 g/mol. The van der Waals surface area contributed by atoms with Crippen molar-refractivity contribution in [2.45, 2.75) is 26.7 Å². The molecule has 34 heavy (non-hydrogen) atoms. The topological polar surface area (TPSA) is 78.2 Å². The molecular weight excluding hydrogens is 424 g/mol. The highest BCUT2D eigenvalue weighted by Crippen LogP contribution is 2.29. The summed E-state index contributed by atoms with van der Waals surface area (Å²) in [5, 5.41) is 6.85. The molecule has 7 nitrogen and oxygen atoms in total. The zero-order valence-electron chi connectivity index (χ0n) is 20.6. The number of nitrogens with one attached hydrogen (secondary N) is 2. The molecule has 7 heteroatoms. The molecule has 0 saturated carbocycles. The second-order valence-electron chi connectivity index (χ2n) is 9.15. The number of ether oxygens (including phenoxy) is 1. The molecule has 4 rings (SSSR count). The highest BCUT2D eigenvalue weighted by Gasteiger charge is 2.20. The van der Waals surface area contributed by atoms with Crippen LogP contribution in [-0.4, -0.2) is 68.1 Å². The number of hydrogen-bond donors (Lipinski definition) is 3. The van der Waals surface area contributed by atoms with E-state index in [4.69, 9.17) is 10.5 Å². The molecule has 0 spiro atoms. The molecule has 3 aliphatic rings. The molecule has 0 amide bonds. The van der Waals surface area contributed by atoms with Crippen LogP contribution in [0.3, 0.4) is 0 Å². The first-order valence-corrected chi connectivity index (χ1v) is 12.3. The number of benzene rings is 1. The number of hydrogen-bond acceptors (Lipinski definition) is 7. The van der Waals surface area contributed by atoms with Crippen LogP contribution in [0.5, 0.6) is 5.75 Å². The molecule has 1 aromatic carbocycles. The molecule has 1 aromatic rings. The van der Waals surface area contributed by atoms with Crippen molar-refractivity contribution in [1.29, 1.82) is 0 Å². The fourth-order valence-electron chi connectivity index (χ4n) is 4.72. The lowest BCUT2D eigenvalue weighted by Gasteiger charge is -2.31. The number of aliphatic imine (C=N–C) groups is 1. The molecular formula is C27H38N6O. The zero-order chi connectivity index (χ0) is 23.9. The van der Waals surface area contributed by atoms with Crippen molar-refractivity contribution < 1.29 is 4.74 Å². The summed E-state index contributed by atoms with van der Waals surface area (Å²) in [4.78, 5) is 9.01. The molecule has 4 N–H and O–H groups in total. The van der Waals surface area contributed by atoms with Gasteiger partial charge in [0, 0.05) is 69.3 Å². The molecule has 0 aliphatic carbocycles. The largest absolute Gasteiger partial charge is 0.493 e. The van der Waals surface area contributed by atoms with Crippen molar-refractivity contribution in [3.05, 3.63) is 71.2 Å². The Kier molecular flexibility index (Phi) is 8.08. The third-order valence-corrected chi connectivity index (χ3v) is 6.71. The fraction of sp³-hybridized carbons (Fsp3) is 0.444. The van der Waals surface area contributed by atoms with Crippen LogP contribution in [0.1, 0.15) is 26.7 Å². The number of piperazine rings is 1. The minimum absolute atomic E-state index is 0.621. The first-order chi connectivity index (χ1) is 16.5. The Morgan fingerprint density at radius 2 is 2.09 bits per heavy atom. The number of amidine groups is 1. The van der Waals surface area contributed by atoms with E-state index in [0.717, 1.165) is 93.7 Å². The molecule has 0 aromatic heterocycles. The summed E-state index contributed by atoms with van der Waals surface area (Å²) in [5.74, 6) is 2.41. The van der Waals surface area contributed by atoms with Crippen LogP contribution in [0.2, 0.25) is 0 Å². The van der Waals surface area contributed by atoms with Crippen LogP contribution < -0.4 is 21.1 Å². The second-order valence-corrected chi connectivity index (χ2v) is 9.15. The van der Waals surface area contributed by atoms with E-state index >= 15 is 0 Å². The summed E-state index contributed by atoms with van der Waals surface area (Å²) < 4.78 is 6.01. The molecule has 0 radical (unpaired) electrons. The standard InChI is InChI=1S/C27H38N6O/c1-20-19-30-27(28)26(20)21(2)23-8-13-33(14-9-23)22(3)31-24-6-4-7-25(18-24)34-17-5-12-32-15-10-29-11-16-32/h4,6-8,18-19,29,31H,3,5,9-17H2,1-2H3,(H2,28,30)/b26-21+. The molecule has 182 valence electrons. The summed E-state index contributed by atoms with van der Waals surface area (Å²) in [5.41, 5.74) is 11.9. The number of anilines is 1. The van der Waals surface area contributed by atoms with E-state index in [1.807, 2.05) is 24.4 Å². The maximum atomic E-state index is 6.09. The van der Waals surface area contributed by atoms with Gasteiger partial charge < -0.3 is 30.9 Å². The number of rotatable bonds is 9. The van der Waals surface area contributed by atoms with Crippen molar-refractivity contribution in [1.82, 2.24) is 15.1 Å². The molecule has 1 fully saturated rings. The average Bonchev–Trinajstić information content (AvgIpc) is 3.20. The van der Waals surface area contributed by atoms with E-state index in [1.54, 1.807) is 0 Å². The highest BCUT2D eigenvalue weighted by atomic mass is 16.5. The van der Waals surface area contributed by atoms with Crippen molar-refractivity contribution in [3.8, 4) is 5.75 Å². The first kappa shape index (κ1) is 24.1. The normalized spacial score (nSPS) is 20.4. The second kappa shape index (κ2) is 11.4. The van der Waals surface area contributed by atoms with Gasteiger partial charge in [-0.15, -0.1) is 0 Å². The Morgan fingerprint density at radius 3 is 2.79 bits per heavy atom. The Labute approximate surface area is 203 Å². The van der Waals surface area contributed by atoms with Gasteiger partial charge in [-0.25, -0.2) is 4.99 Å². The molecule has 0 unspecified atom stereocenters.